The first-order valence-corrected chi connectivity index (χ1v) is 11.7. The fraction of sp³-hybridized carbons (Fsp3) is 0.400. The van der Waals surface area contributed by atoms with E-state index in [1.807, 2.05) is 6.92 Å². The number of anilines is 2. The molecule has 0 spiro atoms. The molecule has 0 atom stereocenters. The van der Waals surface area contributed by atoms with Gasteiger partial charge in [-0.2, -0.15) is 0 Å². The molecule has 0 aliphatic carbocycles. The van der Waals surface area contributed by atoms with Crippen LogP contribution in [0.2, 0.25) is 0 Å². The lowest BCUT2D eigenvalue weighted by Gasteiger charge is -2.35. The number of piperidine rings is 1. The van der Waals surface area contributed by atoms with Crippen LogP contribution in [0.3, 0.4) is 0 Å². The van der Waals surface area contributed by atoms with E-state index >= 15 is 0 Å². The summed E-state index contributed by atoms with van der Waals surface area (Å²) in [5, 5.41) is 3.43. The smallest absolute Gasteiger partial charge is 0.481 e. The van der Waals surface area contributed by atoms with Crippen LogP contribution >= 0.6 is 0 Å². The lowest BCUT2D eigenvalue weighted by molar-refractivity contribution is -0.274. The van der Waals surface area contributed by atoms with E-state index in [1.165, 1.54) is 0 Å². The number of rotatable bonds is 7. The van der Waals surface area contributed by atoms with E-state index in [4.69, 9.17) is 9.72 Å². The van der Waals surface area contributed by atoms with Crippen LogP contribution in [0.15, 0.2) is 36.4 Å². The number of benzene rings is 2. The molecule has 1 saturated heterocycles. The van der Waals surface area contributed by atoms with Crippen LogP contribution in [-0.2, 0) is 4.79 Å². The number of aromatic nitrogens is 2. The molecule has 2 heterocycles. The minimum atomic E-state index is -4.94. The third-order valence-corrected chi connectivity index (χ3v) is 6.13. The molecule has 0 radical (unpaired) electrons. The topological polar surface area (TPSA) is 79.8 Å². The van der Waals surface area contributed by atoms with Gasteiger partial charge < -0.3 is 24.6 Å². The quantitative estimate of drug-likeness (QED) is 0.458. The number of alkyl halides is 3. The fourth-order valence-corrected chi connectivity index (χ4v) is 4.20. The number of hydrogen-bond donors (Lipinski definition) is 1. The summed E-state index contributed by atoms with van der Waals surface area (Å²) < 4.78 is 59.6. The molecular formula is C25H27F4N5O3. The number of nitrogens with zero attached hydrogens (tertiary/aromatic N) is 4. The predicted molar refractivity (Wildman–Crippen MR) is 130 cm³/mol. The molecule has 1 amide bonds. The third-order valence-electron chi connectivity index (χ3n) is 6.13. The Morgan fingerprint density at radius 3 is 2.51 bits per heavy atom. The molecule has 0 unspecified atom stereocenters. The summed E-state index contributed by atoms with van der Waals surface area (Å²) in [6.45, 7) is 3.08. The molecule has 0 bridgehead atoms. The minimum Gasteiger partial charge on any atom is -0.481 e. The van der Waals surface area contributed by atoms with E-state index < -0.39 is 30.4 Å². The molecule has 1 N–H and O–H groups in total. The van der Waals surface area contributed by atoms with Gasteiger partial charge in [-0.1, -0.05) is 0 Å². The average Bonchev–Trinajstić information content (AvgIpc) is 2.83. The number of aryl methyl sites for hydroxylation is 1. The van der Waals surface area contributed by atoms with Gasteiger partial charge in [0.25, 0.3) is 5.91 Å². The maximum atomic E-state index is 14.0. The molecule has 2 aromatic carbocycles. The Hall–Kier alpha value is -3.67. The molecule has 37 heavy (non-hydrogen) atoms. The molecule has 1 aliphatic heterocycles. The molecule has 8 nitrogen and oxygen atoms in total. The lowest BCUT2D eigenvalue weighted by Crippen LogP contribution is -2.42. The first kappa shape index (κ1) is 26.4. The summed E-state index contributed by atoms with van der Waals surface area (Å²) in [4.78, 5) is 26.1. The molecule has 1 aromatic heterocycles. The average molecular weight is 522 g/mol. The van der Waals surface area contributed by atoms with E-state index in [2.05, 4.69) is 38.9 Å². The van der Waals surface area contributed by atoms with Crippen LogP contribution in [0.25, 0.3) is 10.9 Å². The van der Waals surface area contributed by atoms with Crippen molar-refractivity contribution in [2.45, 2.75) is 32.2 Å². The fourth-order valence-electron chi connectivity index (χ4n) is 4.20. The van der Waals surface area contributed by atoms with Gasteiger partial charge in [0.05, 0.1) is 11.2 Å². The summed E-state index contributed by atoms with van der Waals surface area (Å²) in [6.07, 6.45) is -2.87. The second kappa shape index (κ2) is 10.8. The number of halogens is 4. The van der Waals surface area contributed by atoms with E-state index in [9.17, 15) is 22.4 Å². The monoisotopic (exact) mass is 521 g/mol. The summed E-state index contributed by atoms with van der Waals surface area (Å²) in [7, 11) is 4.18. The van der Waals surface area contributed by atoms with Crippen molar-refractivity contribution in [2.24, 2.45) is 0 Å². The predicted octanol–water partition coefficient (Wildman–Crippen LogP) is 4.52. The van der Waals surface area contributed by atoms with E-state index in [1.54, 1.807) is 18.2 Å². The van der Waals surface area contributed by atoms with Gasteiger partial charge in [0, 0.05) is 36.3 Å². The highest BCUT2D eigenvalue weighted by molar-refractivity contribution is 5.95. The maximum Gasteiger partial charge on any atom is 0.573 e. The van der Waals surface area contributed by atoms with Gasteiger partial charge in [-0.3, -0.25) is 4.79 Å². The first-order valence-electron chi connectivity index (χ1n) is 11.7. The second-order valence-electron chi connectivity index (χ2n) is 9.00. The maximum absolute atomic E-state index is 14.0. The van der Waals surface area contributed by atoms with Crippen molar-refractivity contribution in [1.29, 1.82) is 0 Å². The SMILES string of the molecule is Cc1nc(N2CCC(N(C)C)CC2)nc2ccc(NC(=O)COc3ccc(OC(F)(F)F)cc3F)cc12. The van der Waals surface area contributed by atoms with E-state index in [0.29, 0.717) is 23.7 Å². The van der Waals surface area contributed by atoms with Crippen molar-refractivity contribution in [2.75, 3.05) is 44.0 Å². The first-order chi connectivity index (χ1) is 17.5. The number of ether oxygens (including phenoxy) is 2. The summed E-state index contributed by atoms with van der Waals surface area (Å²) >= 11 is 0. The number of nitrogens with one attached hydrogen (secondary N) is 1. The Morgan fingerprint density at radius 2 is 1.86 bits per heavy atom. The number of carbonyl (C=O) groups excluding carboxylic acids is 1. The Morgan fingerprint density at radius 1 is 1.14 bits per heavy atom. The van der Waals surface area contributed by atoms with Crippen LogP contribution < -0.4 is 19.7 Å². The summed E-state index contributed by atoms with van der Waals surface area (Å²) in [5.74, 6) is -2.09. The highest BCUT2D eigenvalue weighted by atomic mass is 19.4. The van der Waals surface area contributed by atoms with E-state index in [-0.39, 0.29) is 5.75 Å². The molecule has 0 saturated carbocycles. The highest BCUT2D eigenvalue weighted by Gasteiger charge is 2.31. The largest absolute Gasteiger partial charge is 0.573 e. The van der Waals surface area contributed by atoms with Crippen molar-refractivity contribution in [3.63, 3.8) is 0 Å². The van der Waals surface area contributed by atoms with Gasteiger partial charge in [0.2, 0.25) is 5.95 Å². The Balaban J connectivity index is 1.38. The summed E-state index contributed by atoms with van der Waals surface area (Å²) in [6, 6.07) is 8.16. The zero-order valence-corrected chi connectivity index (χ0v) is 20.6. The van der Waals surface area contributed by atoms with Crippen molar-refractivity contribution < 1.29 is 31.8 Å². The van der Waals surface area contributed by atoms with Gasteiger partial charge in [-0.05, 0) is 64.2 Å². The molecule has 198 valence electrons. The van der Waals surface area contributed by atoms with Crippen molar-refractivity contribution in [3.05, 3.63) is 47.9 Å². The van der Waals surface area contributed by atoms with Crippen molar-refractivity contribution in [3.8, 4) is 11.5 Å². The van der Waals surface area contributed by atoms with Crippen LogP contribution in [-0.4, -0.2) is 67.0 Å². The van der Waals surface area contributed by atoms with Crippen LogP contribution in [0.1, 0.15) is 18.5 Å². The highest BCUT2D eigenvalue weighted by Crippen LogP contribution is 2.28. The molecule has 3 aromatic rings. The van der Waals surface area contributed by atoms with Crippen molar-refractivity contribution in [1.82, 2.24) is 14.9 Å². The zero-order valence-electron chi connectivity index (χ0n) is 20.6. The molecule has 1 aliphatic rings. The molecule has 1 fully saturated rings. The van der Waals surface area contributed by atoms with Crippen LogP contribution in [0.4, 0.5) is 29.2 Å². The normalized spacial score (nSPS) is 14.8. The third kappa shape index (κ3) is 6.76. The minimum absolute atomic E-state index is 0.380. The van der Waals surface area contributed by atoms with Gasteiger partial charge in [-0.25, -0.2) is 14.4 Å². The van der Waals surface area contributed by atoms with Crippen LogP contribution in [0.5, 0.6) is 11.5 Å². The number of fused-ring (bicyclic) bond motifs is 1. The second-order valence-corrected chi connectivity index (χ2v) is 9.00. The standard InChI is InChI=1S/C25H27F4N5O3/c1-15-19-12-16(4-6-21(19)32-24(30-15)34-10-8-17(9-11-34)33(2)3)31-23(35)14-36-22-7-5-18(13-20(22)26)37-25(27,28)29/h4-7,12-13,17H,8-11,14H2,1-3H3,(H,31,35). The van der Waals surface area contributed by atoms with Gasteiger partial charge in [0.15, 0.2) is 18.2 Å². The lowest BCUT2D eigenvalue weighted by atomic mass is 10.0. The number of carbonyl (C=O) groups is 1. The molecule has 12 heteroatoms. The Kier molecular flexibility index (Phi) is 7.67. The van der Waals surface area contributed by atoms with Gasteiger partial charge in [-0.15, -0.1) is 13.2 Å². The zero-order chi connectivity index (χ0) is 26.7. The Bertz CT molecular complexity index is 1280. The number of amides is 1. The summed E-state index contributed by atoms with van der Waals surface area (Å²) in [5.41, 5.74) is 1.99. The van der Waals surface area contributed by atoms with Gasteiger partial charge >= 0.3 is 6.36 Å². The molecule has 4 rings (SSSR count). The molecular weight excluding hydrogens is 494 g/mol. The van der Waals surface area contributed by atoms with E-state index in [0.717, 1.165) is 54.7 Å². The van der Waals surface area contributed by atoms with Crippen molar-refractivity contribution >= 4 is 28.4 Å². The Labute approximate surface area is 211 Å². The number of hydrogen-bond acceptors (Lipinski definition) is 7. The van der Waals surface area contributed by atoms with Gasteiger partial charge in [0.1, 0.15) is 5.75 Å². The van der Waals surface area contributed by atoms with Crippen LogP contribution in [0, 0.1) is 12.7 Å².